The second-order valence-electron chi connectivity index (χ2n) is 4.06. The van der Waals surface area contributed by atoms with Crippen molar-refractivity contribution >= 4 is 10.9 Å². The number of pyridine rings is 2. The number of hydrogen-bond donors (Lipinski definition) is 0. The van der Waals surface area contributed by atoms with Crippen molar-refractivity contribution in [2.75, 3.05) is 0 Å². The van der Waals surface area contributed by atoms with Crippen molar-refractivity contribution in [2.45, 2.75) is 6.92 Å². The Morgan fingerprint density at radius 3 is 2.65 bits per heavy atom. The van der Waals surface area contributed by atoms with Crippen LogP contribution in [-0.2, 0) is 0 Å². The molecule has 0 spiro atoms. The molecule has 82 valence electrons. The molecule has 0 unspecified atom stereocenters. The van der Waals surface area contributed by atoms with Crippen molar-refractivity contribution in [3.8, 4) is 11.4 Å². The SMILES string of the molecule is Cc1cccnc1-c1ccc2ccccc2n1. The molecule has 0 aliphatic heterocycles. The fourth-order valence-corrected chi connectivity index (χ4v) is 1.95. The molecule has 0 fully saturated rings. The average molecular weight is 220 g/mol. The van der Waals surface area contributed by atoms with Crippen molar-refractivity contribution in [3.63, 3.8) is 0 Å². The van der Waals surface area contributed by atoms with Crippen molar-refractivity contribution < 1.29 is 0 Å². The lowest BCUT2D eigenvalue weighted by Gasteiger charge is -2.04. The van der Waals surface area contributed by atoms with Gasteiger partial charge < -0.3 is 0 Å². The summed E-state index contributed by atoms with van der Waals surface area (Å²) in [7, 11) is 0. The third-order valence-electron chi connectivity index (χ3n) is 2.85. The van der Waals surface area contributed by atoms with Gasteiger partial charge in [-0.2, -0.15) is 0 Å². The van der Waals surface area contributed by atoms with Crippen LogP contribution in [-0.4, -0.2) is 9.97 Å². The normalized spacial score (nSPS) is 10.6. The van der Waals surface area contributed by atoms with Gasteiger partial charge in [0.1, 0.15) is 0 Å². The van der Waals surface area contributed by atoms with Crippen molar-refractivity contribution in [2.24, 2.45) is 0 Å². The van der Waals surface area contributed by atoms with Gasteiger partial charge in [-0.05, 0) is 30.7 Å². The van der Waals surface area contributed by atoms with Crippen molar-refractivity contribution in [3.05, 3.63) is 60.3 Å². The van der Waals surface area contributed by atoms with Crippen LogP contribution in [0.4, 0.5) is 0 Å². The number of nitrogens with zero attached hydrogens (tertiary/aromatic N) is 2. The topological polar surface area (TPSA) is 25.8 Å². The Hall–Kier alpha value is -2.22. The molecule has 0 saturated heterocycles. The summed E-state index contributed by atoms with van der Waals surface area (Å²) in [5.41, 5.74) is 4.05. The van der Waals surface area contributed by atoms with Gasteiger partial charge in [-0.1, -0.05) is 30.3 Å². The maximum Gasteiger partial charge on any atom is 0.0915 e. The number of hydrogen-bond acceptors (Lipinski definition) is 2. The summed E-state index contributed by atoms with van der Waals surface area (Å²) < 4.78 is 0. The second-order valence-corrected chi connectivity index (χ2v) is 4.06. The van der Waals surface area contributed by atoms with Gasteiger partial charge in [0.05, 0.1) is 16.9 Å². The molecule has 0 bridgehead atoms. The number of fused-ring (bicyclic) bond motifs is 1. The summed E-state index contributed by atoms with van der Waals surface area (Å²) in [4.78, 5) is 9.04. The van der Waals surface area contributed by atoms with Crippen LogP contribution >= 0.6 is 0 Å². The van der Waals surface area contributed by atoms with E-state index in [4.69, 9.17) is 0 Å². The molecule has 2 heteroatoms. The van der Waals surface area contributed by atoms with Crippen molar-refractivity contribution in [1.29, 1.82) is 0 Å². The molecule has 2 heterocycles. The first-order valence-electron chi connectivity index (χ1n) is 5.62. The zero-order valence-electron chi connectivity index (χ0n) is 9.59. The molecule has 0 amide bonds. The Morgan fingerprint density at radius 1 is 0.882 bits per heavy atom. The van der Waals surface area contributed by atoms with E-state index in [1.807, 2.05) is 30.3 Å². The van der Waals surface area contributed by atoms with Gasteiger partial charge in [-0.15, -0.1) is 0 Å². The van der Waals surface area contributed by atoms with Crippen LogP contribution in [0.1, 0.15) is 5.56 Å². The Morgan fingerprint density at radius 2 is 1.76 bits per heavy atom. The predicted octanol–water partition coefficient (Wildman–Crippen LogP) is 3.61. The van der Waals surface area contributed by atoms with E-state index in [1.165, 1.54) is 0 Å². The Labute approximate surface area is 100.0 Å². The van der Waals surface area contributed by atoms with Crippen LogP contribution in [0, 0.1) is 6.92 Å². The van der Waals surface area contributed by atoms with Crippen LogP contribution in [0.15, 0.2) is 54.7 Å². The van der Waals surface area contributed by atoms with Gasteiger partial charge in [-0.3, -0.25) is 4.98 Å². The van der Waals surface area contributed by atoms with Crippen LogP contribution in [0.5, 0.6) is 0 Å². The van der Waals surface area contributed by atoms with E-state index in [0.29, 0.717) is 0 Å². The minimum atomic E-state index is 0.932. The maximum absolute atomic E-state index is 4.64. The van der Waals surface area contributed by atoms with Gasteiger partial charge in [0.25, 0.3) is 0 Å². The van der Waals surface area contributed by atoms with Gasteiger partial charge in [0.2, 0.25) is 0 Å². The fourth-order valence-electron chi connectivity index (χ4n) is 1.95. The Kier molecular flexibility index (Phi) is 2.33. The third-order valence-corrected chi connectivity index (χ3v) is 2.85. The number of benzene rings is 1. The van der Waals surface area contributed by atoms with Gasteiger partial charge in [0.15, 0.2) is 0 Å². The fraction of sp³-hybridized carbons (Fsp3) is 0.0667. The monoisotopic (exact) mass is 220 g/mol. The highest BCUT2D eigenvalue weighted by Gasteiger charge is 2.04. The lowest BCUT2D eigenvalue weighted by Crippen LogP contribution is -1.90. The first-order valence-corrected chi connectivity index (χ1v) is 5.62. The zero-order chi connectivity index (χ0) is 11.7. The number of aromatic nitrogens is 2. The van der Waals surface area contributed by atoms with Crippen LogP contribution in [0.25, 0.3) is 22.3 Å². The van der Waals surface area contributed by atoms with E-state index in [1.54, 1.807) is 6.20 Å². The number of aryl methyl sites for hydroxylation is 1. The molecule has 17 heavy (non-hydrogen) atoms. The molecule has 0 saturated carbocycles. The Bertz CT molecular complexity index is 674. The van der Waals surface area contributed by atoms with E-state index in [-0.39, 0.29) is 0 Å². The van der Waals surface area contributed by atoms with E-state index >= 15 is 0 Å². The van der Waals surface area contributed by atoms with Crippen LogP contribution in [0.3, 0.4) is 0 Å². The smallest absolute Gasteiger partial charge is 0.0915 e. The van der Waals surface area contributed by atoms with E-state index < -0.39 is 0 Å². The highest BCUT2D eigenvalue weighted by Crippen LogP contribution is 2.21. The molecule has 0 radical (unpaired) electrons. The molecule has 1 aromatic carbocycles. The summed E-state index contributed by atoms with van der Waals surface area (Å²) in [5, 5.41) is 1.16. The zero-order valence-corrected chi connectivity index (χ0v) is 9.59. The quantitative estimate of drug-likeness (QED) is 0.626. The predicted molar refractivity (Wildman–Crippen MR) is 69.7 cm³/mol. The summed E-state index contributed by atoms with van der Waals surface area (Å²) >= 11 is 0. The Balaban J connectivity index is 2.22. The second kappa shape index (κ2) is 3.98. The van der Waals surface area contributed by atoms with Crippen LogP contribution < -0.4 is 0 Å². The molecule has 2 aromatic heterocycles. The van der Waals surface area contributed by atoms with Gasteiger partial charge in [-0.25, -0.2) is 4.98 Å². The van der Waals surface area contributed by atoms with E-state index in [9.17, 15) is 0 Å². The molecular formula is C15H12N2. The van der Waals surface area contributed by atoms with Crippen LogP contribution in [0.2, 0.25) is 0 Å². The summed E-state index contributed by atoms with van der Waals surface area (Å²) in [6.45, 7) is 2.05. The van der Waals surface area contributed by atoms with E-state index in [2.05, 4.69) is 35.1 Å². The molecule has 2 nitrogen and oxygen atoms in total. The highest BCUT2D eigenvalue weighted by molar-refractivity contribution is 5.81. The van der Waals surface area contributed by atoms with Gasteiger partial charge in [0, 0.05) is 11.6 Å². The molecular weight excluding hydrogens is 208 g/mol. The van der Waals surface area contributed by atoms with Gasteiger partial charge >= 0.3 is 0 Å². The highest BCUT2D eigenvalue weighted by atomic mass is 14.8. The third kappa shape index (κ3) is 1.78. The maximum atomic E-state index is 4.64. The van der Waals surface area contributed by atoms with Crippen molar-refractivity contribution in [1.82, 2.24) is 9.97 Å². The lowest BCUT2D eigenvalue weighted by atomic mass is 10.1. The minimum absolute atomic E-state index is 0.932. The molecule has 0 aliphatic carbocycles. The number of para-hydroxylation sites is 1. The minimum Gasteiger partial charge on any atom is -0.254 e. The average Bonchev–Trinajstić information content (AvgIpc) is 2.39. The summed E-state index contributed by atoms with van der Waals surface area (Å²) in [5.74, 6) is 0. The molecule has 3 aromatic rings. The molecule has 0 atom stereocenters. The standard InChI is InChI=1S/C15H12N2/c1-11-5-4-10-16-15(11)14-9-8-12-6-2-3-7-13(12)17-14/h2-10H,1H3. The largest absolute Gasteiger partial charge is 0.254 e. The first kappa shape index (κ1) is 9.97. The summed E-state index contributed by atoms with van der Waals surface area (Å²) in [6, 6.07) is 16.2. The lowest BCUT2D eigenvalue weighted by molar-refractivity contribution is 1.23. The first-order chi connectivity index (χ1) is 8.34. The molecule has 0 aliphatic rings. The molecule has 0 N–H and O–H groups in total. The summed E-state index contributed by atoms with van der Waals surface area (Å²) in [6.07, 6.45) is 1.80. The molecule has 3 rings (SSSR count). The number of rotatable bonds is 1. The van der Waals surface area contributed by atoms with E-state index in [0.717, 1.165) is 27.9 Å².